The highest BCUT2D eigenvalue weighted by molar-refractivity contribution is 5.95. The third-order valence-corrected chi connectivity index (χ3v) is 3.68. The number of nitrogens with one attached hydrogen (secondary N) is 1. The Balaban J connectivity index is 1.54. The van der Waals surface area contributed by atoms with Crippen LogP contribution >= 0.6 is 0 Å². The van der Waals surface area contributed by atoms with Crippen LogP contribution in [-0.4, -0.2) is 22.3 Å². The van der Waals surface area contributed by atoms with Gasteiger partial charge in [0.15, 0.2) is 0 Å². The van der Waals surface area contributed by atoms with Crippen molar-refractivity contribution < 1.29 is 9.53 Å². The van der Waals surface area contributed by atoms with Crippen LogP contribution in [0, 0.1) is 5.92 Å². The lowest BCUT2D eigenvalue weighted by atomic mass is 10.1. The van der Waals surface area contributed by atoms with Crippen molar-refractivity contribution in [2.75, 3.05) is 11.9 Å². The summed E-state index contributed by atoms with van der Waals surface area (Å²) in [6, 6.07) is 10.2. The minimum atomic E-state index is 0.0693. The molecule has 21 heavy (non-hydrogen) atoms. The van der Waals surface area contributed by atoms with Crippen LogP contribution in [0.2, 0.25) is 0 Å². The molecule has 5 nitrogen and oxygen atoms in total. The van der Waals surface area contributed by atoms with E-state index in [0.717, 1.165) is 12.1 Å². The van der Waals surface area contributed by atoms with Crippen LogP contribution in [0.5, 0.6) is 0 Å². The first kappa shape index (κ1) is 13.8. The molecule has 5 heteroatoms. The Morgan fingerprint density at radius 3 is 3.00 bits per heavy atom. The Hall–Kier alpha value is -2.14. The fourth-order valence-corrected chi connectivity index (χ4v) is 2.47. The molecule has 110 valence electrons. The summed E-state index contributed by atoms with van der Waals surface area (Å²) in [4.78, 5) is 12.2. The van der Waals surface area contributed by atoms with Crippen LogP contribution in [0.15, 0.2) is 42.7 Å². The third kappa shape index (κ3) is 3.31. The number of aromatic nitrogens is 2. The average molecular weight is 285 g/mol. The molecular formula is C16H19N3O2. The van der Waals surface area contributed by atoms with Gasteiger partial charge in [-0.1, -0.05) is 30.3 Å². The van der Waals surface area contributed by atoms with E-state index < -0.39 is 0 Å². The topological polar surface area (TPSA) is 56.1 Å². The van der Waals surface area contributed by atoms with Gasteiger partial charge in [0.25, 0.3) is 0 Å². The first-order valence-corrected chi connectivity index (χ1v) is 7.24. The second kappa shape index (κ2) is 6.10. The van der Waals surface area contributed by atoms with Crippen molar-refractivity contribution in [2.45, 2.75) is 26.0 Å². The average Bonchev–Trinajstić information content (AvgIpc) is 3.21. The van der Waals surface area contributed by atoms with Crippen molar-refractivity contribution >= 4 is 11.6 Å². The van der Waals surface area contributed by atoms with Gasteiger partial charge < -0.3 is 10.1 Å². The molecular weight excluding hydrogens is 266 g/mol. The fourth-order valence-electron chi connectivity index (χ4n) is 2.47. The van der Waals surface area contributed by atoms with E-state index in [1.165, 1.54) is 5.56 Å². The number of rotatable bonds is 6. The largest absolute Gasteiger partial charge is 0.360 e. The molecule has 2 unspecified atom stereocenters. The lowest BCUT2D eigenvalue weighted by Crippen LogP contribution is -2.14. The van der Waals surface area contributed by atoms with Crippen LogP contribution < -0.4 is 5.32 Å². The number of amides is 1. The van der Waals surface area contributed by atoms with Crippen molar-refractivity contribution in [3.63, 3.8) is 0 Å². The smallest absolute Gasteiger partial charge is 0.228 e. The van der Waals surface area contributed by atoms with Crippen molar-refractivity contribution in [2.24, 2.45) is 5.92 Å². The molecule has 2 atom stereocenters. The van der Waals surface area contributed by atoms with E-state index in [4.69, 9.17) is 4.74 Å². The Bertz CT molecular complexity index is 609. The molecule has 0 aliphatic heterocycles. The predicted molar refractivity (Wildman–Crippen MR) is 79.8 cm³/mol. The van der Waals surface area contributed by atoms with Crippen LogP contribution in [0.4, 0.5) is 5.69 Å². The molecule has 1 aromatic carbocycles. The number of hydrogen-bond donors (Lipinski definition) is 1. The highest BCUT2D eigenvalue weighted by Gasteiger charge is 2.43. The lowest BCUT2D eigenvalue weighted by Gasteiger charge is -2.02. The minimum absolute atomic E-state index is 0.0693. The van der Waals surface area contributed by atoms with Crippen LogP contribution in [0.25, 0.3) is 0 Å². The number of anilines is 1. The zero-order chi connectivity index (χ0) is 14.7. The minimum Gasteiger partial charge on any atom is -0.360 e. The molecule has 1 heterocycles. The van der Waals surface area contributed by atoms with Crippen LogP contribution in [0.1, 0.15) is 24.8 Å². The molecule has 1 amide bonds. The predicted octanol–water partition coefficient (Wildman–Crippen LogP) is 2.62. The first-order chi connectivity index (χ1) is 10.3. The normalized spacial score (nSPS) is 20.2. The monoisotopic (exact) mass is 285 g/mol. The molecule has 1 aromatic heterocycles. The van der Waals surface area contributed by atoms with E-state index in [9.17, 15) is 4.79 Å². The number of nitrogens with zero attached hydrogens (tertiary/aromatic N) is 2. The Labute approximate surface area is 123 Å². The zero-order valence-corrected chi connectivity index (χ0v) is 12.0. The van der Waals surface area contributed by atoms with Crippen molar-refractivity contribution in [1.82, 2.24) is 9.78 Å². The maximum atomic E-state index is 12.2. The standard InChI is InChI=1S/C16H19N3O2/c1-2-21-11-19-10-13(9-17-19)18-16(20)15-8-14(15)12-6-4-3-5-7-12/h3-7,9-10,14-15H,2,8,11H2,1H3,(H,18,20). The molecule has 1 N–H and O–H groups in total. The summed E-state index contributed by atoms with van der Waals surface area (Å²) in [6.45, 7) is 2.98. The van der Waals surface area contributed by atoms with E-state index in [-0.39, 0.29) is 11.8 Å². The van der Waals surface area contributed by atoms with Gasteiger partial charge in [-0.05, 0) is 24.8 Å². The molecule has 1 aliphatic rings. The SMILES string of the molecule is CCOCn1cc(NC(=O)C2CC2c2ccccc2)cn1. The fraction of sp³-hybridized carbons (Fsp3) is 0.375. The van der Waals surface area contributed by atoms with Crippen molar-refractivity contribution in [1.29, 1.82) is 0 Å². The van der Waals surface area contributed by atoms with Gasteiger partial charge in [-0.2, -0.15) is 5.10 Å². The van der Waals surface area contributed by atoms with E-state index >= 15 is 0 Å². The van der Waals surface area contributed by atoms with Gasteiger partial charge in [0.05, 0.1) is 18.1 Å². The summed E-state index contributed by atoms with van der Waals surface area (Å²) in [5, 5.41) is 7.06. The van der Waals surface area contributed by atoms with E-state index in [1.54, 1.807) is 17.1 Å². The van der Waals surface area contributed by atoms with Gasteiger partial charge >= 0.3 is 0 Å². The summed E-state index contributed by atoms with van der Waals surface area (Å²) in [5.74, 6) is 0.493. The van der Waals surface area contributed by atoms with Gasteiger partial charge in [0, 0.05) is 12.5 Å². The number of carbonyl (C=O) groups is 1. The summed E-state index contributed by atoms with van der Waals surface area (Å²) in [5.41, 5.74) is 1.96. The molecule has 0 bridgehead atoms. The Kier molecular flexibility index (Phi) is 4.01. The second-order valence-corrected chi connectivity index (χ2v) is 5.24. The molecule has 3 rings (SSSR count). The highest BCUT2D eigenvalue weighted by Crippen LogP contribution is 2.47. The van der Waals surface area contributed by atoms with Gasteiger partial charge in [0.2, 0.25) is 5.91 Å². The van der Waals surface area contributed by atoms with Crippen molar-refractivity contribution in [3.05, 3.63) is 48.3 Å². The Morgan fingerprint density at radius 1 is 1.43 bits per heavy atom. The zero-order valence-electron chi connectivity index (χ0n) is 12.0. The van der Waals surface area contributed by atoms with Crippen LogP contribution in [0.3, 0.4) is 0 Å². The maximum absolute atomic E-state index is 12.2. The number of ether oxygens (including phenoxy) is 1. The molecule has 0 spiro atoms. The summed E-state index contributed by atoms with van der Waals surface area (Å²) in [7, 11) is 0. The molecule has 0 saturated heterocycles. The molecule has 1 fully saturated rings. The molecule has 1 saturated carbocycles. The first-order valence-electron chi connectivity index (χ1n) is 7.24. The van der Waals surface area contributed by atoms with E-state index in [0.29, 0.717) is 19.3 Å². The quantitative estimate of drug-likeness (QED) is 0.887. The van der Waals surface area contributed by atoms with Gasteiger partial charge in [-0.15, -0.1) is 0 Å². The summed E-state index contributed by atoms with van der Waals surface area (Å²) < 4.78 is 6.93. The van der Waals surface area contributed by atoms with Gasteiger partial charge in [-0.3, -0.25) is 4.79 Å². The van der Waals surface area contributed by atoms with E-state index in [1.807, 2.05) is 25.1 Å². The molecule has 0 radical (unpaired) electrons. The number of benzene rings is 1. The number of carbonyl (C=O) groups excluding carboxylic acids is 1. The second-order valence-electron chi connectivity index (χ2n) is 5.24. The van der Waals surface area contributed by atoms with Crippen LogP contribution in [-0.2, 0) is 16.3 Å². The number of hydrogen-bond acceptors (Lipinski definition) is 3. The maximum Gasteiger partial charge on any atom is 0.228 e. The third-order valence-electron chi connectivity index (χ3n) is 3.68. The van der Waals surface area contributed by atoms with Crippen molar-refractivity contribution in [3.8, 4) is 0 Å². The highest BCUT2D eigenvalue weighted by atomic mass is 16.5. The summed E-state index contributed by atoms with van der Waals surface area (Å²) >= 11 is 0. The van der Waals surface area contributed by atoms with Gasteiger partial charge in [-0.25, -0.2) is 4.68 Å². The Morgan fingerprint density at radius 2 is 2.24 bits per heavy atom. The summed E-state index contributed by atoms with van der Waals surface area (Å²) in [6.07, 6.45) is 4.35. The molecule has 1 aliphatic carbocycles. The molecule has 2 aromatic rings. The van der Waals surface area contributed by atoms with Gasteiger partial charge in [0.1, 0.15) is 6.73 Å². The van der Waals surface area contributed by atoms with E-state index in [2.05, 4.69) is 22.5 Å². The lowest BCUT2D eigenvalue weighted by molar-refractivity contribution is -0.117.